The van der Waals surface area contributed by atoms with E-state index in [1.54, 1.807) is 6.08 Å². The van der Waals surface area contributed by atoms with Crippen LogP contribution in [0.3, 0.4) is 0 Å². The number of carbonyl (C=O) groups excluding carboxylic acids is 1. The van der Waals surface area contributed by atoms with Gasteiger partial charge in [-0.05, 0) is 33.3 Å². The lowest BCUT2D eigenvalue weighted by molar-refractivity contribution is -0.131. The topological polar surface area (TPSA) is 32.3 Å². The molecule has 1 N–H and O–H groups in total. The van der Waals surface area contributed by atoms with Crippen LogP contribution < -0.4 is 5.32 Å². The van der Waals surface area contributed by atoms with Crippen molar-refractivity contribution in [3.05, 3.63) is 23.8 Å². The average Bonchev–Trinajstić information content (AvgIpc) is 2.08. The highest BCUT2D eigenvalue weighted by molar-refractivity contribution is 5.94. The molecular formula is C13H22N2O. The molecule has 1 saturated heterocycles. The van der Waals surface area contributed by atoms with Crippen LogP contribution in [0.1, 0.15) is 27.7 Å². The minimum Gasteiger partial charge on any atom is -0.330 e. The average molecular weight is 222 g/mol. The third kappa shape index (κ3) is 2.73. The van der Waals surface area contributed by atoms with Gasteiger partial charge < -0.3 is 10.2 Å². The van der Waals surface area contributed by atoms with Crippen molar-refractivity contribution in [1.82, 2.24) is 10.2 Å². The molecule has 3 heteroatoms. The maximum Gasteiger partial charge on any atom is 0.250 e. The van der Waals surface area contributed by atoms with Crippen molar-refractivity contribution in [2.75, 3.05) is 19.6 Å². The van der Waals surface area contributed by atoms with Gasteiger partial charge in [-0.1, -0.05) is 6.08 Å². The van der Waals surface area contributed by atoms with E-state index in [0.29, 0.717) is 6.54 Å². The highest BCUT2D eigenvalue weighted by Crippen LogP contribution is 2.19. The second-order valence-electron chi connectivity index (χ2n) is 5.21. The van der Waals surface area contributed by atoms with Crippen LogP contribution in [0.15, 0.2) is 23.8 Å². The van der Waals surface area contributed by atoms with E-state index in [1.165, 1.54) is 5.57 Å². The van der Waals surface area contributed by atoms with Gasteiger partial charge in [0.05, 0.1) is 0 Å². The number of amides is 1. The van der Waals surface area contributed by atoms with E-state index < -0.39 is 0 Å². The van der Waals surface area contributed by atoms with Crippen LogP contribution in [0.2, 0.25) is 0 Å². The van der Waals surface area contributed by atoms with E-state index in [-0.39, 0.29) is 11.4 Å². The molecule has 1 heterocycles. The molecule has 0 spiro atoms. The van der Waals surface area contributed by atoms with Gasteiger partial charge in [-0.25, -0.2) is 0 Å². The van der Waals surface area contributed by atoms with Crippen LogP contribution >= 0.6 is 0 Å². The Kier molecular flexibility index (Phi) is 3.92. The molecule has 0 radical (unpaired) electrons. The van der Waals surface area contributed by atoms with Crippen molar-refractivity contribution in [3.8, 4) is 0 Å². The zero-order chi connectivity index (χ0) is 12.3. The Morgan fingerprint density at radius 3 is 2.38 bits per heavy atom. The van der Waals surface area contributed by atoms with E-state index in [1.807, 2.05) is 32.6 Å². The van der Waals surface area contributed by atoms with E-state index in [2.05, 4.69) is 11.9 Å². The molecule has 0 aromatic heterocycles. The predicted octanol–water partition coefficient (Wildman–Crippen LogP) is 1.72. The van der Waals surface area contributed by atoms with Crippen molar-refractivity contribution in [1.29, 1.82) is 0 Å². The molecule has 0 unspecified atom stereocenters. The molecule has 0 bridgehead atoms. The predicted molar refractivity (Wildman–Crippen MR) is 67.2 cm³/mol. The lowest BCUT2D eigenvalue weighted by Crippen LogP contribution is -2.47. The van der Waals surface area contributed by atoms with Gasteiger partial charge in [0.1, 0.15) is 0 Å². The number of nitrogens with one attached hydrogen (secondary N) is 1. The van der Waals surface area contributed by atoms with E-state index in [4.69, 9.17) is 0 Å². The fourth-order valence-corrected chi connectivity index (χ4v) is 1.66. The summed E-state index contributed by atoms with van der Waals surface area (Å²) in [6, 6.07) is 0. The fourth-order valence-electron chi connectivity index (χ4n) is 1.66. The van der Waals surface area contributed by atoms with Gasteiger partial charge in [0.15, 0.2) is 0 Å². The van der Waals surface area contributed by atoms with Crippen molar-refractivity contribution >= 4 is 5.91 Å². The van der Waals surface area contributed by atoms with E-state index >= 15 is 0 Å². The maximum absolute atomic E-state index is 12.3. The molecular weight excluding hydrogens is 200 g/mol. The molecule has 16 heavy (non-hydrogen) atoms. The van der Waals surface area contributed by atoms with Crippen LogP contribution in [0.4, 0.5) is 0 Å². The standard InChI is InChI=1S/C13H22N2O/c1-6-7-15(13(3,4)5)12(16)10(2)11-8-14-9-11/h6,14H,1,7-9H2,2-5H3. The summed E-state index contributed by atoms with van der Waals surface area (Å²) < 4.78 is 0. The summed E-state index contributed by atoms with van der Waals surface area (Å²) in [5.74, 6) is 0.129. The third-order valence-corrected chi connectivity index (χ3v) is 2.89. The Bertz CT molecular complexity index is 317. The minimum absolute atomic E-state index is 0.129. The van der Waals surface area contributed by atoms with Gasteiger partial charge in [0.2, 0.25) is 5.91 Å². The lowest BCUT2D eigenvalue weighted by Gasteiger charge is -2.36. The fraction of sp³-hybridized carbons (Fsp3) is 0.615. The SMILES string of the molecule is C=CCN(C(=O)C(C)=C1CNC1)C(C)(C)C. The van der Waals surface area contributed by atoms with Crippen LogP contribution in [0.25, 0.3) is 0 Å². The zero-order valence-corrected chi connectivity index (χ0v) is 10.8. The van der Waals surface area contributed by atoms with Crippen molar-refractivity contribution < 1.29 is 4.79 Å². The first kappa shape index (κ1) is 13.0. The Balaban J connectivity index is 2.87. The van der Waals surface area contributed by atoms with Crippen LogP contribution in [0, 0.1) is 0 Å². The molecule has 90 valence electrons. The van der Waals surface area contributed by atoms with Crippen molar-refractivity contribution in [2.45, 2.75) is 33.2 Å². The normalized spacial score (nSPS) is 15.4. The minimum atomic E-state index is -0.162. The van der Waals surface area contributed by atoms with Crippen LogP contribution in [-0.2, 0) is 4.79 Å². The number of hydrogen-bond acceptors (Lipinski definition) is 2. The van der Waals surface area contributed by atoms with Crippen molar-refractivity contribution in [2.24, 2.45) is 0 Å². The lowest BCUT2D eigenvalue weighted by atomic mass is 10.00. The molecule has 3 nitrogen and oxygen atoms in total. The van der Waals surface area contributed by atoms with Gasteiger partial charge in [-0.15, -0.1) is 6.58 Å². The monoisotopic (exact) mass is 222 g/mol. The summed E-state index contributed by atoms with van der Waals surface area (Å²) in [4.78, 5) is 14.2. The van der Waals surface area contributed by atoms with E-state index in [0.717, 1.165) is 18.7 Å². The third-order valence-electron chi connectivity index (χ3n) is 2.89. The molecule has 1 fully saturated rings. The highest BCUT2D eigenvalue weighted by atomic mass is 16.2. The Morgan fingerprint density at radius 2 is 2.06 bits per heavy atom. The first-order chi connectivity index (χ1) is 7.38. The van der Waals surface area contributed by atoms with Gasteiger partial charge in [-0.2, -0.15) is 0 Å². The highest BCUT2D eigenvalue weighted by Gasteiger charge is 2.28. The molecule has 0 atom stereocenters. The Hall–Kier alpha value is -1.09. The largest absolute Gasteiger partial charge is 0.330 e. The van der Waals surface area contributed by atoms with Crippen LogP contribution in [-0.4, -0.2) is 36.0 Å². The number of hydrogen-bond donors (Lipinski definition) is 1. The van der Waals surface area contributed by atoms with Gasteiger partial charge in [-0.3, -0.25) is 4.79 Å². The summed E-state index contributed by atoms with van der Waals surface area (Å²) in [5.41, 5.74) is 1.95. The van der Waals surface area contributed by atoms with Gasteiger partial charge in [0, 0.05) is 30.7 Å². The first-order valence-corrected chi connectivity index (χ1v) is 5.70. The summed E-state index contributed by atoms with van der Waals surface area (Å²) in [6.07, 6.45) is 1.78. The molecule has 1 aliphatic rings. The summed E-state index contributed by atoms with van der Waals surface area (Å²) in [7, 11) is 0. The second kappa shape index (κ2) is 4.83. The van der Waals surface area contributed by atoms with Crippen LogP contribution in [0.5, 0.6) is 0 Å². The van der Waals surface area contributed by atoms with Gasteiger partial charge in [0.25, 0.3) is 0 Å². The summed E-state index contributed by atoms with van der Waals surface area (Å²) in [5, 5.41) is 3.16. The maximum atomic E-state index is 12.3. The molecule has 1 rings (SSSR count). The molecule has 0 aliphatic carbocycles. The smallest absolute Gasteiger partial charge is 0.250 e. The molecule has 1 amide bonds. The quantitative estimate of drug-likeness (QED) is 0.582. The van der Waals surface area contributed by atoms with Crippen molar-refractivity contribution in [3.63, 3.8) is 0 Å². The molecule has 0 aromatic rings. The Labute approximate surface area is 98.2 Å². The zero-order valence-electron chi connectivity index (χ0n) is 10.8. The summed E-state index contributed by atoms with van der Waals surface area (Å²) >= 11 is 0. The molecule has 1 aliphatic heterocycles. The molecule has 0 aromatic carbocycles. The number of nitrogens with zero attached hydrogens (tertiary/aromatic N) is 1. The van der Waals surface area contributed by atoms with E-state index in [9.17, 15) is 4.79 Å². The molecule has 0 saturated carbocycles. The number of carbonyl (C=O) groups is 1. The second-order valence-corrected chi connectivity index (χ2v) is 5.21. The first-order valence-electron chi connectivity index (χ1n) is 5.70. The number of rotatable bonds is 3. The Morgan fingerprint density at radius 1 is 1.50 bits per heavy atom. The van der Waals surface area contributed by atoms with Gasteiger partial charge >= 0.3 is 0 Å². The summed E-state index contributed by atoms with van der Waals surface area (Å²) in [6.45, 7) is 14.1.